The van der Waals surface area contributed by atoms with Crippen molar-refractivity contribution in [2.24, 2.45) is 11.3 Å². The molecule has 0 unspecified atom stereocenters. The van der Waals surface area contributed by atoms with Crippen LogP contribution in [0.1, 0.15) is 71.7 Å². The lowest BCUT2D eigenvalue weighted by Crippen LogP contribution is -2.61. The van der Waals surface area contributed by atoms with Crippen molar-refractivity contribution in [2.45, 2.75) is 78.6 Å². The van der Waals surface area contributed by atoms with E-state index in [4.69, 9.17) is 9.72 Å². The van der Waals surface area contributed by atoms with Crippen molar-refractivity contribution >= 4 is 40.7 Å². The van der Waals surface area contributed by atoms with Crippen LogP contribution in [-0.4, -0.2) is 70.3 Å². The number of hydrazine groups is 1. The zero-order chi connectivity index (χ0) is 30.1. The van der Waals surface area contributed by atoms with Crippen molar-refractivity contribution in [3.05, 3.63) is 47.7 Å². The Bertz CT molecular complexity index is 1370. The molecule has 10 nitrogen and oxygen atoms in total. The third-order valence-corrected chi connectivity index (χ3v) is 7.79. The van der Waals surface area contributed by atoms with Crippen LogP contribution in [0.4, 0.5) is 0 Å². The maximum atomic E-state index is 13.7. The highest BCUT2D eigenvalue weighted by Crippen LogP contribution is 2.27. The van der Waals surface area contributed by atoms with Crippen molar-refractivity contribution in [1.82, 2.24) is 25.6 Å². The Morgan fingerprint density at radius 2 is 1.78 bits per heavy atom. The Labute approximate surface area is 241 Å². The third kappa shape index (κ3) is 6.59. The number of cyclic esters (lactones) is 1. The van der Waals surface area contributed by atoms with E-state index in [-0.39, 0.29) is 17.7 Å². The van der Waals surface area contributed by atoms with E-state index in [1.165, 1.54) is 9.91 Å². The molecule has 0 aliphatic carbocycles. The number of benzene rings is 1. The van der Waals surface area contributed by atoms with Crippen molar-refractivity contribution in [3.8, 4) is 0 Å². The van der Waals surface area contributed by atoms with Crippen molar-refractivity contribution in [1.29, 1.82) is 0 Å². The highest BCUT2D eigenvalue weighted by Gasteiger charge is 2.38. The average molecular weight is 564 g/mol. The fraction of sp³-hybridized carbons (Fsp3) is 0.516. The van der Waals surface area contributed by atoms with Gasteiger partial charge in [0.15, 0.2) is 0 Å². The Balaban J connectivity index is 1.74. The lowest BCUT2D eigenvalue weighted by Gasteiger charge is -2.37. The van der Waals surface area contributed by atoms with Crippen LogP contribution in [0, 0.1) is 11.3 Å². The van der Waals surface area contributed by atoms with Crippen molar-refractivity contribution in [2.75, 3.05) is 13.6 Å². The zero-order valence-corrected chi connectivity index (χ0v) is 24.9. The molecule has 220 valence electrons. The predicted molar refractivity (Wildman–Crippen MR) is 156 cm³/mol. The highest BCUT2D eigenvalue weighted by atomic mass is 16.5. The van der Waals surface area contributed by atoms with Gasteiger partial charge in [0, 0.05) is 19.0 Å². The molecule has 1 aromatic carbocycles. The molecule has 1 fully saturated rings. The normalized spacial score (nSPS) is 27.1. The molecule has 4 rings (SSSR count). The summed E-state index contributed by atoms with van der Waals surface area (Å²) in [5, 5.41) is 5.10. The summed E-state index contributed by atoms with van der Waals surface area (Å²) in [5.41, 5.74) is 4.27. The van der Waals surface area contributed by atoms with E-state index in [0.29, 0.717) is 25.1 Å². The predicted octanol–water partition coefficient (Wildman–Crippen LogP) is 3.38. The number of hydrogen-bond acceptors (Lipinski definition) is 7. The lowest BCUT2D eigenvalue weighted by molar-refractivity contribution is -0.157. The van der Waals surface area contributed by atoms with Crippen LogP contribution in [0.5, 0.6) is 0 Å². The fourth-order valence-electron chi connectivity index (χ4n) is 5.39. The maximum absolute atomic E-state index is 13.7. The number of rotatable bonds is 1. The minimum absolute atomic E-state index is 0.206. The van der Waals surface area contributed by atoms with Gasteiger partial charge in [-0.05, 0) is 64.2 Å². The van der Waals surface area contributed by atoms with Crippen LogP contribution in [0.25, 0.3) is 17.0 Å². The number of nitrogens with zero attached hydrogens (tertiary/aromatic N) is 3. The number of ether oxygens (including phenoxy) is 1. The second kappa shape index (κ2) is 12.0. The van der Waals surface area contributed by atoms with Gasteiger partial charge in [0.05, 0.1) is 16.6 Å². The summed E-state index contributed by atoms with van der Waals surface area (Å²) in [7, 11) is 1.62. The Morgan fingerprint density at radius 3 is 2.49 bits per heavy atom. The summed E-state index contributed by atoms with van der Waals surface area (Å²) in [6.45, 7) is 11.1. The molecular formula is C31H41N5O5. The summed E-state index contributed by atoms with van der Waals surface area (Å²) < 4.78 is 5.76. The molecule has 1 saturated heterocycles. The van der Waals surface area contributed by atoms with Crippen molar-refractivity contribution in [3.63, 3.8) is 0 Å². The molecule has 0 saturated carbocycles. The Morgan fingerprint density at radius 1 is 1.07 bits per heavy atom. The Kier molecular flexibility index (Phi) is 8.82. The quantitative estimate of drug-likeness (QED) is 0.511. The maximum Gasteiger partial charge on any atom is 0.325 e. The number of carbonyl (C=O) groups excluding carboxylic acids is 4. The van der Waals surface area contributed by atoms with Crippen LogP contribution < -0.4 is 10.7 Å². The summed E-state index contributed by atoms with van der Waals surface area (Å²) >= 11 is 0. The van der Waals surface area contributed by atoms with Gasteiger partial charge in [0.25, 0.3) is 5.91 Å². The van der Waals surface area contributed by atoms with Crippen LogP contribution in [0.3, 0.4) is 0 Å². The average Bonchev–Trinajstić information content (AvgIpc) is 2.94. The van der Waals surface area contributed by atoms with E-state index >= 15 is 0 Å². The van der Waals surface area contributed by atoms with Gasteiger partial charge in [-0.25, -0.2) is 10.4 Å². The van der Waals surface area contributed by atoms with E-state index in [1.54, 1.807) is 20.9 Å². The standard InChI is InChI=1S/C31H41N5O5/c1-18(2)26-27(37)32-19(3)28(38)36-16-8-9-24(34-36)29(39)41-20(4)23-13-12-22-11-10-21(17-25(22)33-23)14-15-31(5,6)30(40)35(26)7/h10-15,17-20,24,26,34H,8-9,16H2,1-7H3,(H,32,37)/b15-14+/t19-,20+,24-,26-/m0/s1. The van der Waals surface area contributed by atoms with Gasteiger partial charge in [0.1, 0.15) is 24.2 Å². The largest absolute Gasteiger partial charge is 0.455 e. The van der Waals surface area contributed by atoms with Gasteiger partial charge < -0.3 is 15.0 Å². The minimum atomic E-state index is -0.915. The summed E-state index contributed by atoms with van der Waals surface area (Å²) in [6.07, 6.45) is 4.20. The SMILES string of the molecule is CC(C)[C@H]1C(=O)N[C@@H](C)C(=O)N2CCC[C@H](N2)C(=O)O[C@H](C)c2ccc3ccc(cc3n2)/C=C/C(C)(C)C(=O)N1C. The number of fused-ring (bicyclic) bond motifs is 4. The molecule has 2 aromatic rings. The summed E-state index contributed by atoms with van der Waals surface area (Å²) in [5.74, 6) is -1.69. The molecule has 1 aromatic heterocycles. The van der Waals surface area contributed by atoms with Gasteiger partial charge in [-0.2, -0.15) is 0 Å². The minimum Gasteiger partial charge on any atom is -0.455 e. The number of hydrogen-bond donors (Lipinski definition) is 2. The number of aromatic nitrogens is 1. The second-order valence-electron chi connectivity index (χ2n) is 12.0. The van der Waals surface area contributed by atoms with Gasteiger partial charge in [-0.15, -0.1) is 0 Å². The molecular weight excluding hydrogens is 522 g/mol. The smallest absolute Gasteiger partial charge is 0.325 e. The summed E-state index contributed by atoms with van der Waals surface area (Å²) in [6, 6.07) is 7.22. The van der Waals surface area contributed by atoms with Crippen LogP contribution in [-0.2, 0) is 23.9 Å². The number of pyridine rings is 1. The number of likely N-dealkylation sites (N-methyl/N-ethyl adjacent to an activating group) is 1. The summed E-state index contributed by atoms with van der Waals surface area (Å²) in [4.78, 5) is 59.7. The third-order valence-electron chi connectivity index (χ3n) is 7.79. The molecule has 2 N–H and O–H groups in total. The molecule has 2 aliphatic rings. The van der Waals surface area contributed by atoms with Gasteiger partial charge >= 0.3 is 5.97 Å². The molecule has 3 amide bonds. The topological polar surface area (TPSA) is 121 Å². The van der Waals surface area contributed by atoms with E-state index in [0.717, 1.165) is 16.5 Å². The first kappa shape index (κ1) is 30.2. The second-order valence-corrected chi connectivity index (χ2v) is 12.0. The van der Waals surface area contributed by atoms with E-state index < -0.39 is 41.5 Å². The van der Waals surface area contributed by atoms with E-state index in [1.807, 2.05) is 70.2 Å². The van der Waals surface area contributed by atoms with Crippen molar-refractivity contribution < 1.29 is 23.9 Å². The first-order valence-electron chi connectivity index (χ1n) is 14.2. The molecule has 0 spiro atoms. The van der Waals surface area contributed by atoms with E-state index in [9.17, 15) is 19.2 Å². The lowest BCUT2D eigenvalue weighted by atomic mass is 9.88. The Hall–Kier alpha value is -3.79. The number of amides is 3. The molecule has 41 heavy (non-hydrogen) atoms. The van der Waals surface area contributed by atoms with Crippen LogP contribution in [0.15, 0.2) is 36.4 Å². The van der Waals surface area contributed by atoms with Crippen LogP contribution >= 0.6 is 0 Å². The number of carbonyl (C=O) groups is 4. The number of esters is 1. The molecule has 3 heterocycles. The van der Waals surface area contributed by atoms with Gasteiger partial charge in [-0.3, -0.25) is 24.2 Å². The van der Waals surface area contributed by atoms with Gasteiger partial charge in [-0.1, -0.05) is 44.2 Å². The first-order chi connectivity index (χ1) is 19.3. The molecule has 4 atom stereocenters. The number of nitrogens with one attached hydrogen (secondary N) is 2. The first-order valence-corrected chi connectivity index (χ1v) is 14.2. The highest BCUT2D eigenvalue weighted by molar-refractivity contribution is 5.94. The fourth-order valence-corrected chi connectivity index (χ4v) is 5.39. The molecule has 0 radical (unpaired) electrons. The molecule has 5 bridgehead atoms. The molecule has 2 aliphatic heterocycles. The molecule has 10 heteroatoms. The zero-order valence-electron chi connectivity index (χ0n) is 24.9. The van der Waals surface area contributed by atoms with E-state index in [2.05, 4.69) is 10.7 Å². The van der Waals surface area contributed by atoms with Gasteiger partial charge in [0.2, 0.25) is 11.8 Å². The monoisotopic (exact) mass is 563 g/mol. The van der Waals surface area contributed by atoms with Crippen LogP contribution in [0.2, 0.25) is 0 Å².